The molecule has 0 N–H and O–H groups in total. The first-order chi connectivity index (χ1) is 29.6. The molecule has 274 valence electrons. The number of nitrogens with zero attached hydrogens (tertiary/aromatic N) is 6. The molecule has 0 saturated heterocycles. The van der Waals surface area contributed by atoms with Crippen LogP contribution in [-0.4, -0.2) is 9.13 Å². The number of rotatable bonds is 3. The normalized spacial score (nSPS) is 11.6. The summed E-state index contributed by atoms with van der Waals surface area (Å²) < 4.78 is 16.8. The molecule has 0 amide bonds. The number of hydrogen-bond donors (Lipinski definition) is 0. The van der Waals surface area contributed by atoms with E-state index in [1.807, 2.05) is 72.8 Å². The van der Waals surface area contributed by atoms with Gasteiger partial charge in [0.05, 0.1) is 55.7 Å². The second-order valence-corrected chi connectivity index (χ2v) is 14.9. The molecule has 0 saturated carbocycles. The van der Waals surface area contributed by atoms with Crippen molar-refractivity contribution in [2.75, 3.05) is 0 Å². The first-order valence-corrected chi connectivity index (χ1v) is 19.2. The first kappa shape index (κ1) is 33.1. The van der Waals surface area contributed by atoms with Crippen molar-refractivity contribution in [3.8, 4) is 46.8 Å². The molecular formula is C52H24N6O2. The summed E-state index contributed by atoms with van der Waals surface area (Å²) in [4.78, 5) is 0. The topological polar surface area (TPSA) is 131 Å². The third-order valence-corrected chi connectivity index (χ3v) is 11.9. The number of para-hydroxylation sites is 2. The van der Waals surface area contributed by atoms with Crippen LogP contribution in [0.1, 0.15) is 22.3 Å². The number of benzene rings is 8. The van der Waals surface area contributed by atoms with E-state index in [0.717, 1.165) is 98.6 Å². The van der Waals surface area contributed by atoms with Gasteiger partial charge in [-0.15, -0.1) is 0 Å². The summed E-state index contributed by atoms with van der Waals surface area (Å²) in [5.74, 6) is 0. The summed E-state index contributed by atoms with van der Waals surface area (Å²) >= 11 is 0. The van der Waals surface area contributed by atoms with E-state index in [4.69, 9.17) is 8.83 Å². The quantitative estimate of drug-likeness (QED) is 0.176. The third kappa shape index (κ3) is 4.45. The minimum atomic E-state index is 0.300. The largest absolute Gasteiger partial charge is 0.456 e. The van der Waals surface area contributed by atoms with Gasteiger partial charge in [0.2, 0.25) is 0 Å². The highest BCUT2D eigenvalue weighted by molar-refractivity contribution is 6.20. The highest BCUT2D eigenvalue weighted by Gasteiger charge is 2.23. The number of furan rings is 2. The number of nitriles is 4. The zero-order chi connectivity index (χ0) is 40.2. The molecule has 12 aromatic rings. The van der Waals surface area contributed by atoms with E-state index < -0.39 is 0 Å². The monoisotopic (exact) mass is 764 g/mol. The van der Waals surface area contributed by atoms with E-state index in [2.05, 4.69) is 94.1 Å². The van der Waals surface area contributed by atoms with Crippen LogP contribution in [0.2, 0.25) is 0 Å². The molecule has 8 heteroatoms. The van der Waals surface area contributed by atoms with Crippen LogP contribution >= 0.6 is 0 Å². The number of fused-ring (bicyclic) bond motifs is 12. The van der Waals surface area contributed by atoms with Crippen LogP contribution in [0.4, 0.5) is 0 Å². The van der Waals surface area contributed by atoms with Crippen molar-refractivity contribution in [1.29, 1.82) is 21.0 Å². The van der Waals surface area contributed by atoms with Gasteiger partial charge in [-0.2, -0.15) is 21.0 Å². The van der Waals surface area contributed by atoms with Gasteiger partial charge >= 0.3 is 0 Å². The van der Waals surface area contributed by atoms with Crippen LogP contribution in [0.15, 0.2) is 154 Å². The number of hydrogen-bond acceptors (Lipinski definition) is 6. The molecule has 4 aromatic heterocycles. The lowest BCUT2D eigenvalue weighted by atomic mass is 9.99. The lowest BCUT2D eigenvalue weighted by molar-refractivity contribution is 0.669. The molecule has 0 atom stereocenters. The Balaban J connectivity index is 1.15. The van der Waals surface area contributed by atoms with Crippen molar-refractivity contribution in [3.05, 3.63) is 168 Å². The zero-order valence-electron chi connectivity index (χ0n) is 31.4. The van der Waals surface area contributed by atoms with Crippen molar-refractivity contribution >= 4 is 87.5 Å². The highest BCUT2D eigenvalue weighted by Crippen LogP contribution is 2.43. The average Bonchev–Trinajstić information content (AvgIpc) is 4.03. The summed E-state index contributed by atoms with van der Waals surface area (Å²) in [6.07, 6.45) is 0. The van der Waals surface area contributed by atoms with Crippen molar-refractivity contribution in [1.82, 2.24) is 9.13 Å². The molecular weight excluding hydrogens is 741 g/mol. The Kier molecular flexibility index (Phi) is 6.73. The van der Waals surface area contributed by atoms with E-state index in [9.17, 15) is 21.0 Å². The third-order valence-electron chi connectivity index (χ3n) is 11.9. The maximum atomic E-state index is 10.4. The Morgan fingerprint density at radius 3 is 1.20 bits per heavy atom. The Morgan fingerprint density at radius 1 is 0.333 bits per heavy atom. The summed E-state index contributed by atoms with van der Waals surface area (Å²) in [7, 11) is 0. The fourth-order valence-electron chi connectivity index (χ4n) is 9.23. The second-order valence-electron chi connectivity index (χ2n) is 14.9. The Bertz CT molecular complexity index is 3810. The van der Waals surface area contributed by atoms with Crippen LogP contribution in [0.3, 0.4) is 0 Å². The fourth-order valence-corrected chi connectivity index (χ4v) is 9.23. The highest BCUT2D eigenvalue weighted by atomic mass is 16.3. The van der Waals surface area contributed by atoms with Gasteiger partial charge in [0.1, 0.15) is 46.6 Å². The summed E-state index contributed by atoms with van der Waals surface area (Å²) in [5, 5.41) is 48.5. The predicted molar refractivity (Wildman–Crippen MR) is 234 cm³/mol. The van der Waals surface area contributed by atoms with Crippen LogP contribution in [0, 0.1) is 45.3 Å². The molecule has 0 unspecified atom stereocenters. The van der Waals surface area contributed by atoms with Gasteiger partial charge in [-0.05, 0) is 83.9 Å². The first-order valence-electron chi connectivity index (χ1n) is 19.2. The fraction of sp³-hybridized carbons (Fsp3) is 0. The molecule has 0 aliphatic rings. The minimum Gasteiger partial charge on any atom is -0.456 e. The second kappa shape index (κ2) is 12.2. The van der Waals surface area contributed by atoms with Crippen molar-refractivity contribution in [2.24, 2.45) is 0 Å². The maximum Gasteiger partial charge on any atom is 0.137 e. The van der Waals surface area contributed by atoms with Crippen LogP contribution in [-0.2, 0) is 0 Å². The molecule has 0 aliphatic heterocycles. The Morgan fingerprint density at radius 2 is 0.767 bits per heavy atom. The number of aromatic nitrogens is 2. The van der Waals surface area contributed by atoms with Gasteiger partial charge in [0.15, 0.2) is 0 Å². The van der Waals surface area contributed by atoms with Gasteiger partial charge < -0.3 is 18.0 Å². The van der Waals surface area contributed by atoms with Gasteiger partial charge in [0, 0.05) is 55.2 Å². The van der Waals surface area contributed by atoms with Gasteiger partial charge in [0.25, 0.3) is 0 Å². The van der Waals surface area contributed by atoms with Gasteiger partial charge in [-0.25, -0.2) is 0 Å². The molecule has 8 aromatic carbocycles. The standard InChI is InChI=1S/C52H24N6O2/c53-25-31-7-5-11-43(41(31)27-55)57-45-17-15-29(19-35(45)37-21-39-33-9-1-3-13-49(33)59-51(39)23-47(37)57)30-16-18-46-36(20-30)38-22-40-34-10-2-4-14-50(34)60-52(40)24-48(38)58(46)44-12-6-8-32(26-54)42(44)28-56/h1-24H. The molecule has 4 heterocycles. The molecule has 0 spiro atoms. The van der Waals surface area contributed by atoms with Crippen LogP contribution in [0.5, 0.6) is 0 Å². The Hall–Kier alpha value is -9.08. The van der Waals surface area contributed by atoms with E-state index in [0.29, 0.717) is 33.6 Å². The van der Waals surface area contributed by atoms with Crippen LogP contribution < -0.4 is 0 Å². The predicted octanol–water partition coefficient (Wildman–Crippen LogP) is 12.8. The summed E-state index contributed by atoms with van der Waals surface area (Å²) in [6, 6.07) is 56.8. The minimum absolute atomic E-state index is 0.300. The smallest absolute Gasteiger partial charge is 0.137 e. The van der Waals surface area contributed by atoms with Crippen molar-refractivity contribution in [2.45, 2.75) is 0 Å². The van der Waals surface area contributed by atoms with Gasteiger partial charge in [-0.3, -0.25) is 0 Å². The summed E-state index contributed by atoms with van der Waals surface area (Å²) in [6.45, 7) is 0. The lowest BCUT2D eigenvalue weighted by Crippen LogP contribution is -1.99. The zero-order valence-corrected chi connectivity index (χ0v) is 31.4. The van der Waals surface area contributed by atoms with Crippen LogP contribution in [0.25, 0.3) is 110 Å². The van der Waals surface area contributed by atoms with Gasteiger partial charge in [-0.1, -0.05) is 60.7 Å². The van der Waals surface area contributed by atoms with Crippen molar-refractivity contribution in [3.63, 3.8) is 0 Å². The molecule has 12 rings (SSSR count). The van der Waals surface area contributed by atoms with E-state index in [1.165, 1.54) is 0 Å². The molecule has 0 bridgehead atoms. The van der Waals surface area contributed by atoms with E-state index in [1.54, 1.807) is 12.1 Å². The van der Waals surface area contributed by atoms with E-state index >= 15 is 0 Å². The average molecular weight is 765 g/mol. The molecule has 0 fully saturated rings. The molecule has 8 nitrogen and oxygen atoms in total. The Labute approximate surface area is 340 Å². The SMILES string of the molecule is N#Cc1cccc(-n2c3ccc(-c4ccc5c(c4)c4cc6c(cc4n5-c4cccc(C#N)c4C#N)oc4ccccc46)cc3c3cc4c(cc32)oc2ccccc24)c1C#N. The molecule has 0 radical (unpaired) electrons. The van der Waals surface area contributed by atoms with E-state index in [-0.39, 0.29) is 0 Å². The van der Waals surface area contributed by atoms with Crippen molar-refractivity contribution < 1.29 is 8.83 Å². The summed E-state index contributed by atoms with van der Waals surface area (Å²) in [5.41, 5.74) is 10.9. The maximum absolute atomic E-state index is 10.4. The molecule has 0 aliphatic carbocycles. The molecule has 60 heavy (non-hydrogen) atoms. The lowest BCUT2D eigenvalue weighted by Gasteiger charge is -2.12.